The van der Waals surface area contributed by atoms with Gasteiger partial charge >= 0.3 is 5.69 Å². The molecule has 1 aliphatic heterocycles. The van der Waals surface area contributed by atoms with Crippen LogP contribution in [0.4, 0.5) is 10.1 Å². The Hall–Kier alpha value is -2.72. The average molecular weight is 404 g/mol. The molecule has 1 aromatic carbocycles. The third-order valence-corrected chi connectivity index (χ3v) is 6.47. The number of ketones is 1. The zero-order valence-electron chi connectivity index (χ0n) is 15.7. The Balaban J connectivity index is 1.82. The molecule has 1 aromatic heterocycles. The molecule has 2 aromatic rings. The first-order valence-electron chi connectivity index (χ1n) is 9.63. The van der Waals surface area contributed by atoms with Gasteiger partial charge in [-0.2, -0.15) is 0 Å². The zero-order valence-corrected chi connectivity index (χ0v) is 15.7. The Morgan fingerprint density at radius 2 is 2.00 bits per heavy atom. The summed E-state index contributed by atoms with van der Waals surface area (Å²) in [4.78, 5) is 39.4. The van der Waals surface area contributed by atoms with Crippen LogP contribution in [0.3, 0.4) is 0 Å². The number of rotatable bonds is 3. The lowest BCUT2D eigenvalue weighted by Gasteiger charge is -2.24. The van der Waals surface area contributed by atoms with Crippen molar-refractivity contribution in [1.82, 2.24) is 14.9 Å². The molecule has 10 heteroatoms. The number of Topliss-reactive ketones (excluding diaryl/α,β-unsaturated/α-hetero) is 1. The molecule has 5 N–H and O–H groups in total. The van der Waals surface area contributed by atoms with Crippen LogP contribution in [0, 0.1) is 17.7 Å². The lowest BCUT2D eigenvalue weighted by molar-refractivity contribution is -0.127. The second-order valence-electron chi connectivity index (χ2n) is 8.07. The highest BCUT2D eigenvalue weighted by molar-refractivity contribution is 5.96. The molecule has 1 saturated heterocycles. The number of nitrogens with one attached hydrogen (secondary N) is 2. The van der Waals surface area contributed by atoms with E-state index in [0.717, 1.165) is 12.8 Å². The van der Waals surface area contributed by atoms with Gasteiger partial charge in [0.05, 0.1) is 23.7 Å². The zero-order chi connectivity index (χ0) is 20.6. The average Bonchev–Trinajstić information content (AvgIpc) is 3.37. The number of fused-ring (bicyclic) bond motifs is 2. The van der Waals surface area contributed by atoms with E-state index in [-0.39, 0.29) is 52.1 Å². The van der Waals surface area contributed by atoms with Crippen LogP contribution in [0.2, 0.25) is 0 Å². The maximum Gasteiger partial charge on any atom is 0.329 e. The largest absolute Gasteiger partial charge is 0.494 e. The second-order valence-corrected chi connectivity index (χ2v) is 8.07. The van der Waals surface area contributed by atoms with Crippen molar-refractivity contribution >= 4 is 22.4 Å². The molecule has 3 aliphatic rings. The minimum absolute atomic E-state index is 0.0637. The number of hydrogen-bond donors (Lipinski definition) is 4. The molecular formula is C19H21FN4O5. The molecule has 0 amide bonds. The minimum atomic E-state index is -1.08. The van der Waals surface area contributed by atoms with E-state index in [4.69, 9.17) is 10.5 Å². The van der Waals surface area contributed by atoms with E-state index >= 15 is 4.39 Å². The van der Waals surface area contributed by atoms with Crippen LogP contribution < -0.4 is 27.0 Å². The number of aliphatic hydroxyl groups excluding tert-OH is 1. The smallest absolute Gasteiger partial charge is 0.329 e. The summed E-state index contributed by atoms with van der Waals surface area (Å²) < 4.78 is 22.4. The molecule has 2 heterocycles. The first-order valence-corrected chi connectivity index (χ1v) is 9.63. The van der Waals surface area contributed by atoms with Gasteiger partial charge in [0, 0.05) is 24.5 Å². The van der Waals surface area contributed by atoms with Gasteiger partial charge in [-0.05, 0) is 25.2 Å². The summed E-state index contributed by atoms with van der Waals surface area (Å²) in [5.74, 6) is -1.77. The highest BCUT2D eigenvalue weighted by Gasteiger charge is 2.51. The van der Waals surface area contributed by atoms with Gasteiger partial charge in [0.2, 0.25) is 0 Å². The van der Waals surface area contributed by atoms with E-state index in [1.54, 1.807) is 0 Å². The number of nitrogen functional groups attached to an aromatic ring is 1. The summed E-state index contributed by atoms with van der Waals surface area (Å²) in [7, 11) is 1.35. The number of halogens is 1. The summed E-state index contributed by atoms with van der Waals surface area (Å²) in [6.45, 7) is 0.302. The van der Waals surface area contributed by atoms with Crippen molar-refractivity contribution in [3.05, 3.63) is 32.2 Å². The fourth-order valence-corrected chi connectivity index (χ4v) is 5.01. The number of aromatic nitrogens is 2. The fourth-order valence-electron chi connectivity index (χ4n) is 5.01. The Labute approximate surface area is 163 Å². The summed E-state index contributed by atoms with van der Waals surface area (Å²) in [6.07, 6.45) is 0.634. The summed E-state index contributed by atoms with van der Waals surface area (Å²) >= 11 is 0. The fraction of sp³-hybridized carbons (Fsp3) is 0.526. The number of methoxy groups -OCH3 is 1. The quantitative estimate of drug-likeness (QED) is 0.527. The molecule has 5 rings (SSSR count). The number of anilines is 1. The predicted molar refractivity (Wildman–Crippen MR) is 101 cm³/mol. The number of nitrogens with two attached hydrogens (primary N) is 1. The summed E-state index contributed by atoms with van der Waals surface area (Å²) in [5, 5.41) is 13.0. The lowest BCUT2D eigenvalue weighted by Crippen LogP contribution is -2.32. The summed E-state index contributed by atoms with van der Waals surface area (Å²) in [6, 6.07) is -0.752. The molecular weight excluding hydrogens is 383 g/mol. The number of carbonyl (C=O) groups is 1. The third-order valence-electron chi connectivity index (χ3n) is 6.47. The highest BCUT2D eigenvalue weighted by atomic mass is 19.1. The maximum absolute atomic E-state index is 15.5. The molecule has 29 heavy (non-hydrogen) atoms. The van der Waals surface area contributed by atoms with E-state index in [9.17, 15) is 19.5 Å². The van der Waals surface area contributed by atoms with Crippen molar-refractivity contribution in [2.45, 2.75) is 37.5 Å². The first kappa shape index (κ1) is 18.3. The molecule has 3 fully saturated rings. The van der Waals surface area contributed by atoms with Crippen molar-refractivity contribution in [1.29, 1.82) is 0 Å². The lowest BCUT2D eigenvalue weighted by atomic mass is 9.87. The summed E-state index contributed by atoms with van der Waals surface area (Å²) in [5.41, 5.74) is 4.57. The van der Waals surface area contributed by atoms with Gasteiger partial charge in [-0.25, -0.2) is 9.18 Å². The molecule has 2 aliphatic carbocycles. The normalized spacial score (nSPS) is 28.9. The van der Waals surface area contributed by atoms with Crippen LogP contribution in [0.5, 0.6) is 5.75 Å². The Kier molecular flexibility index (Phi) is 3.88. The number of aromatic amines is 1. The van der Waals surface area contributed by atoms with Crippen molar-refractivity contribution < 1.29 is 19.0 Å². The molecule has 154 valence electrons. The van der Waals surface area contributed by atoms with E-state index < -0.39 is 35.1 Å². The molecule has 0 spiro atoms. The molecule has 2 saturated carbocycles. The van der Waals surface area contributed by atoms with Gasteiger partial charge in [0.1, 0.15) is 11.6 Å². The van der Waals surface area contributed by atoms with Gasteiger partial charge in [0.15, 0.2) is 17.3 Å². The van der Waals surface area contributed by atoms with E-state index in [1.165, 1.54) is 11.7 Å². The number of hydrogen-bond acceptors (Lipinski definition) is 7. The Morgan fingerprint density at radius 1 is 1.28 bits per heavy atom. The maximum atomic E-state index is 15.5. The molecule has 9 nitrogen and oxygen atoms in total. The van der Waals surface area contributed by atoms with Gasteiger partial charge < -0.3 is 20.9 Å². The molecule has 4 unspecified atom stereocenters. The van der Waals surface area contributed by atoms with E-state index in [2.05, 4.69) is 10.3 Å². The van der Waals surface area contributed by atoms with Crippen LogP contribution >= 0.6 is 0 Å². The highest BCUT2D eigenvalue weighted by Crippen LogP contribution is 2.49. The van der Waals surface area contributed by atoms with Crippen molar-refractivity contribution in [3.8, 4) is 5.75 Å². The van der Waals surface area contributed by atoms with Gasteiger partial charge in [0.25, 0.3) is 5.56 Å². The second kappa shape index (κ2) is 6.14. The number of carbonyl (C=O) groups excluding carboxylic acids is 1. The standard InChI is InChI=1S/C19H21FN4O5/c1-29-17-10(14-7-4-9(25)16(26)8(7)5-22-14)12(20)13(21)11-15(17)24(6-2-3-6)19(28)23-18(11)27/h6-9,14,22,25H,2-5,21H2,1H3,(H,23,27,28). The number of benzene rings is 1. The first-order chi connectivity index (χ1) is 13.8. The number of ether oxygens (including phenoxy) is 1. The van der Waals surface area contributed by atoms with Crippen LogP contribution in [-0.4, -0.2) is 40.2 Å². The van der Waals surface area contributed by atoms with Crippen molar-refractivity contribution in [3.63, 3.8) is 0 Å². The molecule has 4 atom stereocenters. The minimum Gasteiger partial charge on any atom is -0.494 e. The van der Waals surface area contributed by atoms with Crippen LogP contribution in [0.15, 0.2) is 9.59 Å². The number of aliphatic hydroxyl groups is 1. The van der Waals surface area contributed by atoms with Crippen molar-refractivity contribution in [2.75, 3.05) is 19.4 Å². The van der Waals surface area contributed by atoms with Crippen molar-refractivity contribution in [2.24, 2.45) is 11.8 Å². The van der Waals surface area contributed by atoms with E-state index in [1.807, 2.05) is 0 Å². The Bertz CT molecular complexity index is 1170. The number of H-pyrrole nitrogens is 1. The van der Waals surface area contributed by atoms with Crippen LogP contribution in [-0.2, 0) is 4.79 Å². The van der Waals surface area contributed by atoms with Crippen LogP contribution in [0.1, 0.15) is 36.9 Å². The van der Waals surface area contributed by atoms with E-state index in [0.29, 0.717) is 6.54 Å². The van der Waals surface area contributed by atoms with Gasteiger partial charge in [-0.3, -0.25) is 19.1 Å². The third kappa shape index (κ3) is 2.42. The number of nitrogens with zero attached hydrogens (tertiary/aromatic N) is 1. The van der Waals surface area contributed by atoms with Gasteiger partial charge in [-0.1, -0.05) is 0 Å². The van der Waals surface area contributed by atoms with Gasteiger partial charge in [-0.15, -0.1) is 0 Å². The SMILES string of the molecule is COc1c(C2NCC3C(=O)C(O)CC32)c(F)c(N)c2c(=O)[nH]c(=O)n(C3CC3)c12. The Morgan fingerprint density at radius 3 is 2.66 bits per heavy atom. The molecule has 0 bridgehead atoms. The van der Waals surface area contributed by atoms with Crippen LogP contribution in [0.25, 0.3) is 10.9 Å². The monoisotopic (exact) mass is 404 g/mol. The predicted octanol–water partition coefficient (Wildman–Crippen LogP) is -0.0350. The molecule has 0 radical (unpaired) electrons. The topological polar surface area (TPSA) is 139 Å².